The Labute approximate surface area is 286 Å². The molecule has 0 unspecified atom stereocenters. The highest BCUT2D eigenvalue weighted by Gasteiger charge is 2.27. The van der Waals surface area contributed by atoms with Gasteiger partial charge in [-0.2, -0.15) is 5.26 Å². The van der Waals surface area contributed by atoms with Gasteiger partial charge in [-0.25, -0.2) is 14.2 Å². The van der Waals surface area contributed by atoms with Crippen LogP contribution in [0.1, 0.15) is 71.3 Å². The van der Waals surface area contributed by atoms with E-state index in [1.807, 2.05) is 32.9 Å². The van der Waals surface area contributed by atoms with Gasteiger partial charge >= 0.3 is 12.1 Å². The normalized spacial score (nSPS) is 13.4. The molecule has 12 heteroatoms. The second kappa shape index (κ2) is 16.9. The van der Waals surface area contributed by atoms with E-state index in [4.69, 9.17) is 23.9 Å². The predicted molar refractivity (Wildman–Crippen MR) is 183 cm³/mol. The summed E-state index contributed by atoms with van der Waals surface area (Å²) < 4.78 is 36.9. The lowest BCUT2D eigenvalue weighted by atomic mass is 9.96. The monoisotopic (exact) mass is 676 g/mol. The summed E-state index contributed by atoms with van der Waals surface area (Å²) >= 11 is 0. The van der Waals surface area contributed by atoms with Crippen LogP contribution in [0.15, 0.2) is 42.5 Å². The molecule has 0 radical (unpaired) electrons. The molecule has 1 aromatic heterocycles. The van der Waals surface area contributed by atoms with E-state index in [9.17, 15) is 20.0 Å². The standard InChI is InChI=1S/C37H45FN4O7/c1-37(2,3)49-36(45)40-27-15-17-42(18-16-27)32-22-31(48-19-9-7-6-8-10-33(44)47-5)34(24-13-14-30(46-4)29(43)21-24)35(41-32)25-11-12-26(23-39)28(38)20-25/h11-14,20-22,27,43H,6-10,15-19H2,1-5H3,(H,40,45). The van der Waals surface area contributed by atoms with Gasteiger partial charge < -0.3 is 34.3 Å². The van der Waals surface area contributed by atoms with Crippen LogP contribution in [-0.4, -0.2) is 67.7 Å². The number of aromatic hydroxyl groups is 1. The van der Waals surface area contributed by atoms with Crippen LogP contribution in [0.4, 0.5) is 15.0 Å². The molecule has 0 aliphatic carbocycles. The number of anilines is 1. The minimum absolute atomic E-state index is 0.0744. The Kier molecular flexibility index (Phi) is 12.7. The van der Waals surface area contributed by atoms with Gasteiger partial charge in [0.25, 0.3) is 0 Å². The van der Waals surface area contributed by atoms with Crippen molar-refractivity contribution >= 4 is 17.9 Å². The lowest BCUT2D eigenvalue weighted by Crippen LogP contribution is -2.46. The molecule has 0 bridgehead atoms. The topological polar surface area (TPSA) is 143 Å². The number of ether oxygens (including phenoxy) is 4. The van der Waals surface area contributed by atoms with Crippen LogP contribution in [0, 0.1) is 17.1 Å². The van der Waals surface area contributed by atoms with Crippen molar-refractivity contribution in [3.63, 3.8) is 0 Å². The lowest BCUT2D eigenvalue weighted by Gasteiger charge is -2.34. The first-order valence-electron chi connectivity index (χ1n) is 16.5. The Morgan fingerprint density at radius 1 is 1.02 bits per heavy atom. The lowest BCUT2D eigenvalue weighted by molar-refractivity contribution is -0.140. The maximum absolute atomic E-state index is 15.0. The number of hydrogen-bond acceptors (Lipinski definition) is 10. The van der Waals surface area contributed by atoms with Crippen molar-refractivity contribution in [3.05, 3.63) is 53.8 Å². The number of alkyl carbamates (subject to hydrolysis) is 1. The molecular weight excluding hydrogens is 631 g/mol. The van der Waals surface area contributed by atoms with Gasteiger partial charge in [0.1, 0.15) is 29.1 Å². The van der Waals surface area contributed by atoms with E-state index < -0.39 is 17.5 Å². The summed E-state index contributed by atoms with van der Waals surface area (Å²) in [5.41, 5.74) is 1.26. The fourth-order valence-electron chi connectivity index (χ4n) is 5.61. The number of phenols is 1. The molecule has 1 fully saturated rings. The second-order valence-electron chi connectivity index (χ2n) is 12.9. The quantitative estimate of drug-likeness (QED) is 0.142. The molecule has 0 atom stereocenters. The predicted octanol–water partition coefficient (Wildman–Crippen LogP) is 7.14. The fourth-order valence-corrected chi connectivity index (χ4v) is 5.61. The Bertz CT molecular complexity index is 1660. The number of esters is 1. The zero-order valence-electron chi connectivity index (χ0n) is 28.8. The summed E-state index contributed by atoms with van der Waals surface area (Å²) in [6.45, 7) is 6.98. The van der Waals surface area contributed by atoms with E-state index in [0.29, 0.717) is 79.3 Å². The fraction of sp³-hybridized carbons (Fsp3) is 0.459. The number of methoxy groups -OCH3 is 2. The highest BCUT2D eigenvalue weighted by molar-refractivity contribution is 5.88. The van der Waals surface area contributed by atoms with Crippen LogP contribution < -0.4 is 19.7 Å². The zero-order valence-corrected chi connectivity index (χ0v) is 28.8. The minimum Gasteiger partial charge on any atom is -0.504 e. The second-order valence-corrected chi connectivity index (χ2v) is 12.9. The first kappa shape index (κ1) is 36.8. The average Bonchev–Trinajstić information content (AvgIpc) is 3.06. The number of benzene rings is 2. The summed E-state index contributed by atoms with van der Waals surface area (Å²) in [7, 11) is 2.84. The molecule has 4 rings (SSSR count). The molecule has 2 aromatic carbocycles. The Balaban J connectivity index is 1.69. The number of nitriles is 1. The van der Waals surface area contributed by atoms with Gasteiger partial charge in [-0.1, -0.05) is 25.0 Å². The molecule has 2 heterocycles. The summed E-state index contributed by atoms with van der Waals surface area (Å²) in [6.07, 6.45) is 4.31. The van der Waals surface area contributed by atoms with E-state index in [-0.39, 0.29) is 29.1 Å². The third-order valence-corrected chi connectivity index (χ3v) is 8.10. The molecule has 3 aromatic rings. The molecule has 0 saturated carbocycles. The summed E-state index contributed by atoms with van der Waals surface area (Å²) in [5.74, 6) is 0.375. The van der Waals surface area contributed by atoms with Gasteiger partial charge in [0.2, 0.25) is 0 Å². The Morgan fingerprint density at radius 2 is 1.73 bits per heavy atom. The largest absolute Gasteiger partial charge is 0.504 e. The van der Waals surface area contributed by atoms with Crippen LogP contribution in [-0.2, 0) is 14.3 Å². The number of carbonyl (C=O) groups is 2. The molecule has 0 spiro atoms. The first-order chi connectivity index (χ1) is 23.4. The highest BCUT2D eigenvalue weighted by atomic mass is 19.1. The van der Waals surface area contributed by atoms with Crippen LogP contribution in [0.3, 0.4) is 0 Å². The van der Waals surface area contributed by atoms with Crippen LogP contribution >= 0.6 is 0 Å². The SMILES string of the molecule is COC(=O)CCCCCCOc1cc(N2CCC(NC(=O)OC(C)(C)C)CC2)nc(-c2ccc(C#N)c(F)c2)c1-c1ccc(OC)c(O)c1. The molecule has 2 N–H and O–H groups in total. The summed E-state index contributed by atoms with van der Waals surface area (Å²) in [5, 5.41) is 23.0. The number of halogens is 1. The number of rotatable bonds is 13. The Hall–Kier alpha value is -5.05. The maximum atomic E-state index is 15.0. The number of phenolic OH excluding ortho intramolecular Hbond substituents is 1. The third-order valence-electron chi connectivity index (χ3n) is 8.10. The number of carbonyl (C=O) groups excluding carboxylic acids is 2. The maximum Gasteiger partial charge on any atom is 0.407 e. The molecular formula is C37H45FN4O7. The van der Waals surface area contributed by atoms with Gasteiger partial charge in [-0.05, 0) is 76.3 Å². The van der Waals surface area contributed by atoms with Gasteiger partial charge in [0.15, 0.2) is 11.5 Å². The molecule has 1 aliphatic rings. The molecule has 1 amide bonds. The van der Waals surface area contributed by atoms with Crippen molar-refractivity contribution < 1.29 is 38.0 Å². The number of hydrogen-bond donors (Lipinski definition) is 2. The van der Waals surface area contributed by atoms with E-state index in [1.54, 1.807) is 24.3 Å². The third kappa shape index (κ3) is 10.2. The van der Waals surface area contributed by atoms with Crippen molar-refractivity contribution in [2.24, 2.45) is 0 Å². The van der Waals surface area contributed by atoms with Crippen molar-refractivity contribution in [1.29, 1.82) is 5.26 Å². The number of pyridine rings is 1. The van der Waals surface area contributed by atoms with Crippen molar-refractivity contribution in [3.8, 4) is 45.7 Å². The number of unbranched alkanes of at least 4 members (excludes halogenated alkanes) is 3. The van der Waals surface area contributed by atoms with Gasteiger partial charge in [-0.3, -0.25) is 4.79 Å². The summed E-state index contributed by atoms with van der Waals surface area (Å²) in [4.78, 5) is 31.0. The van der Waals surface area contributed by atoms with Gasteiger partial charge in [0.05, 0.1) is 37.6 Å². The number of aromatic nitrogens is 1. The van der Waals surface area contributed by atoms with Crippen molar-refractivity contribution in [2.75, 3.05) is 38.8 Å². The first-order valence-corrected chi connectivity index (χ1v) is 16.5. The minimum atomic E-state index is -0.681. The number of piperidine rings is 1. The van der Waals surface area contributed by atoms with Crippen molar-refractivity contribution in [1.82, 2.24) is 10.3 Å². The average molecular weight is 677 g/mol. The molecule has 11 nitrogen and oxygen atoms in total. The van der Waals surface area contributed by atoms with Gasteiger partial charge in [-0.15, -0.1) is 0 Å². The highest BCUT2D eigenvalue weighted by Crippen LogP contribution is 2.43. The van der Waals surface area contributed by atoms with Crippen LogP contribution in [0.2, 0.25) is 0 Å². The number of nitrogens with zero attached hydrogens (tertiary/aromatic N) is 3. The smallest absolute Gasteiger partial charge is 0.407 e. The van der Waals surface area contributed by atoms with Gasteiger partial charge in [0, 0.05) is 37.2 Å². The van der Waals surface area contributed by atoms with Crippen LogP contribution in [0.5, 0.6) is 17.2 Å². The van der Waals surface area contributed by atoms with Crippen molar-refractivity contribution in [2.45, 2.75) is 77.4 Å². The van der Waals surface area contributed by atoms with Crippen LogP contribution in [0.25, 0.3) is 22.4 Å². The van der Waals surface area contributed by atoms with E-state index in [2.05, 4.69) is 10.2 Å². The van der Waals surface area contributed by atoms with E-state index in [1.165, 1.54) is 26.4 Å². The Morgan fingerprint density at radius 3 is 2.37 bits per heavy atom. The number of nitrogens with one attached hydrogen (secondary N) is 1. The molecule has 1 saturated heterocycles. The van der Waals surface area contributed by atoms with E-state index in [0.717, 1.165) is 19.3 Å². The number of amides is 1. The summed E-state index contributed by atoms with van der Waals surface area (Å²) in [6, 6.07) is 12.9. The molecule has 49 heavy (non-hydrogen) atoms. The molecule has 262 valence electrons. The molecule has 1 aliphatic heterocycles. The van der Waals surface area contributed by atoms with E-state index >= 15 is 4.39 Å². The zero-order chi connectivity index (χ0) is 35.6.